The largest absolute Gasteiger partial charge is 0.357 e. The second kappa shape index (κ2) is 5.49. The Morgan fingerprint density at radius 3 is 2.71 bits per heavy atom. The third kappa shape index (κ3) is 2.60. The van der Waals surface area contributed by atoms with Crippen LogP contribution >= 0.6 is 0 Å². The molecular formula is C12H21N3O2. The van der Waals surface area contributed by atoms with Crippen molar-refractivity contribution in [3.63, 3.8) is 0 Å². The number of rotatable bonds is 2. The summed E-state index contributed by atoms with van der Waals surface area (Å²) in [5.41, 5.74) is 0. The van der Waals surface area contributed by atoms with Crippen molar-refractivity contribution in [2.24, 2.45) is 0 Å². The normalized spacial score (nSPS) is 29.1. The minimum absolute atomic E-state index is 0.0355. The summed E-state index contributed by atoms with van der Waals surface area (Å²) < 4.78 is 0. The Hall–Kier alpha value is -1.10. The minimum Gasteiger partial charge on any atom is -0.357 e. The molecule has 0 aromatic rings. The van der Waals surface area contributed by atoms with Crippen LogP contribution in [0.15, 0.2) is 0 Å². The van der Waals surface area contributed by atoms with E-state index in [0.717, 1.165) is 45.2 Å². The molecule has 0 aliphatic carbocycles. The summed E-state index contributed by atoms with van der Waals surface area (Å²) in [4.78, 5) is 25.8. The summed E-state index contributed by atoms with van der Waals surface area (Å²) >= 11 is 0. The van der Waals surface area contributed by atoms with E-state index in [0.29, 0.717) is 0 Å². The molecule has 2 fully saturated rings. The molecule has 5 nitrogen and oxygen atoms in total. The number of nitrogens with zero attached hydrogens (tertiary/aromatic N) is 1. The summed E-state index contributed by atoms with van der Waals surface area (Å²) in [6, 6.07) is -0.328. The third-order valence-corrected chi connectivity index (χ3v) is 3.69. The van der Waals surface area contributed by atoms with Crippen molar-refractivity contribution in [3.8, 4) is 0 Å². The average Bonchev–Trinajstić information content (AvgIpc) is 2.87. The fourth-order valence-corrected chi connectivity index (χ4v) is 2.73. The molecule has 96 valence electrons. The summed E-state index contributed by atoms with van der Waals surface area (Å²) in [5, 5.41) is 5.89. The average molecular weight is 239 g/mol. The summed E-state index contributed by atoms with van der Waals surface area (Å²) in [5.74, 6) is 0.0717. The van der Waals surface area contributed by atoms with Gasteiger partial charge in [-0.2, -0.15) is 0 Å². The molecule has 0 spiro atoms. The first-order valence-electron chi connectivity index (χ1n) is 6.49. The van der Waals surface area contributed by atoms with E-state index in [-0.39, 0.29) is 23.9 Å². The van der Waals surface area contributed by atoms with Gasteiger partial charge in [-0.15, -0.1) is 0 Å². The van der Waals surface area contributed by atoms with Gasteiger partial charge in [0, 0.05) is 13.6 Å². The number of amides is 2. The van der Waals surface area contributed by atoms with E-state index < -0.39 is 0 Å². The maximum Gasteiger partial charge on any atom is 0.242 e. The van der Waals surface area contributed by atoms with Crippen molar-refractivity contribution in [1.29, 1.82) is 0 Å². The third-order valence-electron chi connectivity index (χ3n) is 3.69. The van der Waals surface area contributed by atoms with Gasteiger partial charge in [0.25, 0.3) is 0 Å². The van der Waals surface area contributed by atoms with Crippen molar-refractivity contribution in [1.82, 2.24) is 15.5 Å². The zero-order chi connectivity index (χ0) is 12.3. The minimum atomic E-state index is -0.253. The van der Waals surface area contributed by atoms with Crippen molar-refractivity contribution >= 4 is 11.8 Å². The molecular weight excluding hydrogens is 218 g/mol. The molecule has 0 bridgehead atoms. The van der Waals surface area contributed by atoms with Gasteiger partial charge < -0.3 is 15.5 Å². The van der Waals surface area contributed by atoms with Crippen LogP contribution in [0.2, 0.25) is 0 Å². The number of likely N-dealkylation sites (N-methyl/N-ethyl adjacent to an activating group) is 1. The van der Waals surface area contributed by atoms with E-state index in [4.69, 9.17) is 0 Å². The van der Waals surface area contributed by atoms with Crippen molar-refractivity contribution in [2.75, 3.05) is 20.1 Å². The van der Waals surface area contributed by atoms with Crippen LogP contribution in [0.5, 0.6) is 0 Å². The van der Waals surface area contributed by atoms with Crippen LogP contribution in [0.3, 0.4) is 0 Å². The van der Waals surface area contributed by atoms with E-state index in [1.165, 1.54) is 0 Å². The molecule has 2 amide bonds. The number of carbonyl (C=O) groups excluding carboxylic acids is 2. The first-order valence-corrected chi connectivity index (χ1v) is 6.49. The van der Waals surface area contributed by atoms with Crippen molar-refractivity contribution in [3.05, 3.63) is 0 Å². The van der Waals surface area contributed by atoms with Crippen LogP contribution in [-0.2, 0) is 9.59 Å². The lowest BCUT2D eigenvalue weighted by Crippen LogP contribution is -2.53. The lowest BCUT2D eigenvalue weighted by Gasteiger charge is -2.30. The molecule has 0 aromatic carbocycles. The van der Waals surface area contributed by atoms with Crippen LogP contribution in [0, 0.1) is 0 Å². The highest BCUT2D eigenvalue weighted by molar-refractivity contribution is 5.90. The Balaban J connectivity index is 1.99. The SMILES string of the molecule is CNC(=O)C1CCCN1C(=O)[C@@H]1CCCCN1. The second-order valence-corrected chi connectivity index (χ2v) is 4.81. The van der Waals surface area contributed by atoms with Gasteiger partial charge >= 0.3 is 0 Å². The molecule has 0 radical (unpaired) electrons. The Morgan fingerprint density at radius 2 is 2.06 bits per heavy atom. The van der Waals surface area contributed by atoms with Gasteiger partial charge in [0.05, 0.1) is 6.04 Å². The van der Waals surface area contributed by atoms with Crippen LogP contribution in [0.25, 0.3) is 0 Å². The van der Waals surface area contributed by atoms with E-state index in [9.17, 15) is 9.59 Å². The number of piperidine rings is 1. The fraction of sp³-hybridized carbons (Fsp3) is 0.833. The maximum atomic E-state index is 12.3. The fourth-order valence-electron chi connectivity index (χ4n) is 2.73. The summed E-state index contributed by atoms with van der Waals surface area (Å²) in [6.07, 6.45) is 4.86. The zero-order valence-corrected chi connectivity index (χ0v) is 10.4. The predicted molar refractivity (Wildman–Crippen MR) is 64.4 cm³/mol. The number of nitrogens with one attached hydrogen (secondary N) is 2. The predicted octanol–water partition coefficient (Wildman–Crippen LogP) is -0.134. The van der Waals surface area contributed by atoms with E-state index in [2.05, 4.69) is 10.6 Å². The van der Waals surface area contributed by atoms with Crippen LogP contribution < -0.4 is 10.6 Å². The Morgan fingerprint density at radius 1 is 1.24 bits per heavy atom. The highest BCUT2D eigenvalue weighted by atomic mass is 16.2. The molecule has 2 aliphatic rings. The molecule has 2 atom stereocenters. The van der Waals surface area contributed by atoms with Crippen LogP contribution in [-0.4, -0.2) is 48.9 Å². The molecule has 2 aliphatic heterocycles. The van der Waals surface area contributed by atoms with Crippen molar-refractivity contribution in [2.45, 2.75) is 44.2 Å². The maximum absolute atomic E-state index is 12.3. The second-order valence-electron chi connectivity index (χ2n) is 4.81. The van der Waals surface area contributed by atoms with Gasteiger partial charge in [-0.1, -0.05) is 6.42 Å². The molecule has 0 aromatic heterocycles. The Kier molecular flexibility index (Phi) is 3.99. The molecule has 2 heterocycles. The molecule has 17 heavy (non-hydrogen) atoms. The van der Waals surface area contributed by atoms with E-state index in [1.54, 1.807) is 11.9 Å². The number of likely N-dealkylation sites (tertiary alicyclic amines) is 1. The van der Waals surface area contributed by atoms with Gasteiger partial charge in [-0.25, -0.2) is 0 Å². The number of carbonyl (C=O) groups is 2. The standard InChI is InChI=1S/C12H21N3O2/c1-13-11(16)10-6-4-8-15(10)12(17)9-5-2-3-7-14-9/h9-10,14H,2-8H2,1H3,(H,13,16)/t9-,10?/m0/s1. The van der Waals surface area contributed by atoms with Crippen LogP contribution in [0.4, 0.5) is 0 Å². The smallest absolute Gasteiger partial charge is 0.242 e. The Bertz CT molecular complexity index is 300. The zero-order valence-electron chi connectivity index (χ0n) is 10.4. The highest BCUT2D eigenvalue weighted by Crippen LogP contribution is 2.20. The summed E-state index contributed by atoms with van der Waals surface area (Å²) in [7, 11) is 1.63. The molecule has 1 unspecified atom stereocenters. The van der Waals surface area contributed by atoms with E-state index >= 15 is 0 Å². The Labute approximate surface area is 102 Å². The summed E-state index contributed by atoms with van der Waals surface area (Å²) in [6.45, 7) is 1.63. The lowest BCUT2D eigenvalue weighted by atomic mass is 10.0. The lowest BCUT2D eigenvalue weighted by molar-refractivity contribution is -0.140. The molecule has 5 heteroatoms. The topological polar surface area (TPSA) is 61.4 Å². The van der Waals surface area contributed by atoms with Crippen LogP contribution in [0.1, 0.15) is 32.1 Å². The molecule has 0 saturated carbocycles. The van der Waals surface area contributed by atoms with Crippen molar-refractivity contribution < 1.29 is 9.59 Å². The quantitative estimate of drug-likeness (QED) is 0.705. The van der Waals surface area contributed by atoms with Gasteiger partial charge in [0.2, 0.25) is 11.8 Å². The van der Waals surface area contributed by atoms with Gasteiger partial charge in [-0.3, -0.25) is 9.59 Å². The first kappa shape index (κ1) is 12.4. The monoisotopic (exact) mass is 239 g/mol. The van der Waals surface area contributed by atoms with E-state index in [1.807, 2.05) is 0 Å². The first-order chi connectivity index (χ1) is 8.24. The molecule has 2 saturated heterocycles. The van der Waals surface area contributed by atoms with Gasteiger partial charge in [-0.05, 0) is 32.2 Å². The number of hydrogen-bond acceptors (Lipinski definition) is 3. The van der Waals surface area contributed by atoms with Gasteiger partial charge in [0.15, 0.2) is 0 Å². The molecule has 2 rings (SSSR count). The number of hydrogen-bond donors (Lipinski definition) is 2. The highest BCUT2D eigenvalue weighted by Gasteiger charge is 2.36. The molecule has 2 N–H and O–H groups in total. The van der Waals surface area contributed by atoms with Gasteiger partial charge in [0.1, 0.15) is 6.04 Å².